The van der Waals surface area contributed by atoms with Crippen molar-refractivity contribution >= 4 is 35.1 Å². The van der Waals surface area contributed by atoms with E-state index in [0.29, 0.717) is 16.9 Å². The topological polar surface area (TPSA) is 54.9 Å². The number of aromatic nitrogens is 2. The lowest BCUT2D eigenvalue weighted by molar-refractivity contribution is -0.113. The van der Waals surface area contributed by atoms with Crippen LogP contribution in [0, 0.1) is 6.92 Å². The van der Waals surface area contributed by atoms with Crippen molar-refractivity contribution in [3.05, 3.63) is 41.7 Å². The van der Waals surface area contributed by atoms with E-state index in [4.69, 9.17) is 0 Å². The van der Waals surface area contributed by atoms with Crippen LogP contribution in [0.25, 0.3) is 0 Å². The number of hydrogen-bond acceptors (Lipinski definition) is 5. The van der Waals surface area contributed by atoms with Gasteiger partial charge in [0.05, 0.1) is 5.75 Å². The van der Waals surface area contributed by atoms with Crippen LogP contribution in [-0.2, 0) is 4.79 Å². The molecule has 1 aromatic heterocycles. The van der Waals surface area contributed by atoms with Crippen LogP contribution in [0.15, 0.2) is 40.4 Å². The minimum atomic E-state index is -0.0111. The Kier molecular flexibility index (Phi) is 5.46. The molecule has 24 heavy (non-hydrogen) atoms. The first kappa shape index (κ1) is 17.3. The molecular formula is C18H21N3OS2. The molecule has 2 atom stereocenters. The van der Waals surface area contributed by atoms with Gasteiger partial charge in [0.15, 0.2) is 0 Å². The highest BCUT2D eigenvalue weighted by Crippen LogP contribution is 2.48. The molecule has 1 amide bonds. The first-order chi connectivity index (χ1) is 11.6. The van der Waals surface area contributed by atoms with E-state index in [0.717, 1.165) is 28.0 Å². The van der Waals surface area contributed by atoms with Gasteiger partial charge in [0.2, 0.25) is 5.91 Å². The van der Waals surface area contributed by atoms with Crippen molar-refractivity contribution in [3.8, 4) is 0 Å². The summed E-state index contributed by atoms with van der Waals surface area (Å²) in [6, 6.07) is 9.53. The zero-order chi connectivity index (χ0) is 17.1. The smallest absolute Gasteiger partial charge is 0.234 e. The molecule has 126 valence electrons. The van der Waals surface area contributed by atoms with Crippen LogP contribution in [0.1, 0.15) is 37.6 Å². The van der Waals surface area contributed by atoms with E-state index in [9.17, 15) is 4.79 Å². The fraction of sp³-hybridized carbons (Fsp3) is 0.389. The quantitative estimate of drug-likeness (QED) is 0.629. The molecule has 2 heterocycles. The Labute approximate surface area is 151 Å². The van der Waals surface area contributed by atoms with Crippen LogP contribution in [0.5, 0.6) is 0 Å². The van der Waals surface area contributed by atoms with Crippen molar-refractivity contribution in [2.24, 2.45) is 0 Å². The number of amides is 1. The van der Waals surface area contributed by atoms with Crippen molar-refractivity contribution in [1.29, 1.82) is 0 Å². The molecule has 0 aliphatic carbocycles. The Morgan fingerprint density at radius 1 is 1.29 bits per heavy atom. The van der Waals surface area contributed by atoms with Crippen LogP contribution in [0.2, 0.25) is 0 Å². The maximum absolute atomic E-state index is 12.2. The molecule has 0 radical (unpaired) electrons. The van der Waals surface area contributed by atoms with Crippen molar-refractivity contribution < 1.29 is 4.79 Å². The zero-order valence-electron chi connectivity index (χ0n) is 14.1. The first-order valence-electron chi connectivity index (χ1n) is 8.11. The van der Waals surface area contributed by atoms with E-state index in [-0.39, 0.29) is 5.91 Å². The van der Waals surface area contributed by atoms with E-state index in [2.05, 4.69) is 29.1 Å². The summed E-state index contributed by atoms with van der Waals surface area (Å²) in [5, 5.41) is 5.49. The van der Waals surface area contributed by atoms with Crippen LogP contribution < -0.4 is 5.32 Å². The third-order valence-electron chi connectivity index (χ3n) is 4.06. The van der Waals surface area contributed by atoms with Crippen LogP contribution in [0.3, 0.4) is 0 Å². The number of carbonyl (C=O) groups excluding carboxylic acids is 1. The Morgan fingerprint density at radius 2 is 2.04 bits per heavy atom. The van der Waals surface area contributed by atoms with Gasteiger partial charge >= 0.3 is 0 Å². The molecule has 2 aromatic rings. The molecule has 1 aliphatic rings. The number of carbonyl (C=O) groups is 1. The van der Waals surface area contributed by atoms with Gasteiger partial charge in [0, 0.05) is 22.4 Å². The Bertz CT molecular complexity index is 737. The lowest BCUT2D eigenvalue weighted by atomic mass is 9.96. The van der Waals surface area contributed by atoms with Crippen molar-refractivity contribution in [3.63, 3.8) is 0 Å². The number of thioether (sulfide) groups is 2. The standard InChI is InChI=1S/C18H21N3OS2/c1-4-14-11(2)24-18-16(14)17(19-12(3)20-18)23-10-15(22)21-13-8-6-5-7-9-13/h5-9,11,14H,4,10H2,1-3H3,(H,21,22). The second-order valence-electron chi connectivity index (χ2n) is 5.84. The van der Waals surface area contributed by atoms with Gasteiger partial charge < -0.3 is 5.32 Å². The molecule has 1 N–H and O–H groups in total. The third kappa shape index (κ3) is 3.75. The molecule has 4 nitrogen and oxygen atoms in total. The van der Waals surface area contributed by atoms with E-state index >= 15 is 0 Å². The first-order valence-corrected chi connectivity index (χ1v) is 9.98. The Balaban J connectivity index is 1.73. The fourth-order valence-corrected chi connectivity index (χ4v) is 5.34. The second kappa shape index (κ2) is 7.57. The van der Waals surface area contributed by atoms with Gasteiger partial charge in [-0.05, 0) is 25.5 Å². The highest BCUT2D eigenvalue weighted by molar-refractivity contribution is 8.01. The fourth-order valence-electron chi connectivity index (χ4n) is 2.93. The summed E-state index contributed by atoms with van der Waals surface area (Å²) in [5.74, 6) is 1.58. The minimum absolute atomic E-state index is 0.0111. The monoisotopic (exact) mass is 359 g/mol. The Morgan fingerprint density at radius 3 is 2.75 bits per heavy atom. The van der Waals surface area contributed by atoms with E-state index in [1.807, 2.05) is 49.0 Å². The van der Waals surface area contributed by atoms with Gasteiger partial charge in [-0.25, -0.2) is 9.97 Å². The summed E-state index contributed by atoms with van der Waals surface area (Å²) < 4.78 is 0. The lowest BCUT2D eigenvalue weighted by Crippen LogP contribution is -2.15. The molecule has 0 saturated carbocycles. The predicted octanol–water partition coefficient (Wildman–Crippen LogP) is 4.50. The lowest BCUT2D eigenvalue weighted by Gasteiger charge is -2.15. The minimum Gasteiger partial charge on any atom is -0.325 e. The van der Waals surface area contributed by atoms with Gasteiger partial charge in [-0.2, -0.15) is 0 Å². The number of anilines is 1. The predicted molar refractivity (Wildman–Crippen MR) is 101 cm³/mol. The molecule has 0 saturated heterocycles. The molecule has 1 aliphatic heterocycles. The molecule has 0 fully saturated rings. The van der Waals surface area contributed by atoms with Crippen LogP contribution in [-0.4, -0.2) is 26.9 Å². The summed E-state index contributed by atoms with van der Waals surface area (Å²) >= 11 is 3.34. The highest BCUT2D eigenvalue weighted by atomic mass is 32.2. The summed E-state index contributed by atoms with van der Waals surface area (Å²) in [6.45, 7) is 6.36. The molecule has 0 bridgehead atoms. The average Bonchev–Trinajstić information content (AvgIpc) is 2.88. The third-order valence-corrected chi connectivity index (χ3v) is 6.29. The summed E-state index contributed by atoms with van der Waals surface area (Å²) in [5.41, 5.74) is 2.06. The number of nitrogens with one attached hydrogen (secondary N) is 1. The average molecular weight is 360 g/mol. The van der Waals surface area contributed by atoms with Crippen molar-refractivity contribution in [2.75, 3.05) is 11.1 Å². The number of hydrogen-bond donors (Lipinski definition) is 1. The largest absolute Gasteiger partial charge is 0.325 e. The molecule has 1 aromatic carbocycles. The number of rotatable bonds is 5. The molecule has 3 rings (SSSR count). The summed E-state index contributed by atoms with van der Waals surface area (Å²) in [7, 11) is 0. The van der Waals surface area contributed by atoms with Gasteiger partial charge in [-0.3, -0.25) is 4.79 Å². The number of para-hydroxylation sites is 1. The van der Waals surface area contributed by atoms with Gasteiger partial charge in [-0.1, -0.05) is 43.8 Å². The molecule has 2 unspecified atom stereocenters. The summed E-state index contributed by atoms with van der Waals surface area (Å²) in [6.07, 6.45) is 1.07. The van der Waals surface area contributed by atoms with E-state index in [1.165, 1.54) is 17.3 Å². The molecule has 0 spiro atoms. The highest BCUT2D eigenvalue weighted by Gasteiger charge is 2.33. The van der Waals surface area contributed by atoms with E-state index in [1.54, 1.807) is 0 Å². The van der Waals surface area contributed by atoms with Gasteiger partial charge in [-0.15, -0.1) is 11.8 Å². The number of nitrogens with zero attached hydrogens (tertiary/aromatic N) is 2. The Hall–Kier alpha value is -1.53. The van der Waals surface area contributed by atoms with Crippen molar-refractivity contribution in [2.45, 2.75) is 48.4 Å². The number of benzene rings is 1. The number of fused-ring (bicyclic) bond motifs is 1. The van der Waals surface area contributed by atoms with Crippen molar-refractivity contribution in [1.82, 2.24) is 9.97 Å². The summed E-state index contributed by atoms with van der Waals surface area (Å²) in [4.78, 5) is 21.4. The normalized spacial score (nSPS) is 19.1. The maximum atomic E-state index is 12.2. The molecular weight excluding hydrogens is 338 g/mol. The van der Waals surface area contributed by atoms with Gasteiger partial charge in [0.25, 0.3) is 0 Å². The zero-order valence-corrected chi connectivity index (χ0v) is 15.7. The van der Waals surface area contributed by atoms with Crippen LogP contribution in [0.4, 0.5) is 5.69 Å². The molecule has 6 heteroatoms. The maximum Gasteiger partial charge on any atom is 0.234 e. The van der Waals surface area contributed by atoms with Gasteiger partial charge in [0.1, 0.15) is 15.9 Å². The SMILES string of the molecule is CCC1c2c(SCC(=O)Nc3ccccc3)nc(C)nc2SC1C. The van der Waals surface area contributed by atoms with E-state index < -0.39 is 0 Å². The van der Waals surface area contributed by atoms with Crippen LogP contribution >= 0.6 is 23.5 Å². The number of aryl methyl sites for hydroxylation is 1. The second-order valence-corrected chi connectivity index (χ2v) is 8.17.